The Kier molecular flexibility index (Phi) is 5.61. The van der Waals surface area contributed by atoms with Gasteiger partial charge in [-0.25, -0.2) is 0 Å². The summed E-state index contributed by atoms with van der Waals surface area (Å²) in [6.45, 7) is 5.39. The number of hydrogen-bond acceptors (Lipinski definition) is 4. The maximum atomic E-state index is 12.2. The molecule has 1 amide bonds. The molecule has 24 heavy (non-hydrogen) atoms. The molecular formula is C18H24N4O2. The number of aromatic amines is 1. The number of ether oxygens (including phenoxy) is 1. The van der Waals surface area contributed by atoms with Crippen molar-refractivity contribution in [3.8, 4) is 0 Å². The number of aromatic nitrogens is 2. The average molecular weight is 328 g/mol. The number of hydrogen-bond donors (Lipinski definition) is 2. The van der Waals surface area contributed by atoms with E-state index in [0.29, 0.717) is 12.3 Å². The van der Waals surface area contributed by atoms with Crippen molar-refractivity contribution < 1.29 is 9.53 Å². The minimum atomic E-state index is -0.136. The maximum Gasteiger partial charge on any atom is 0.269 e. The largest absolute Gasteiger partial charge is 0.373 e. The molecule has 1 aliphatic rings. The van der Waals surface area contributed by atoms with Gasteiger partial charge in [-0.1, -0.05) is 37.3 Å². The number of nitrogens with one attached hydrogen (secondary N) is 2. The third-order valence-corrected chi connectivity index (χ3v) is 4.38. The molecule has 0 aliphatic carbocycles. The lowest BCUT2D eigenvalue weighted by atomic mass is 10.1. The lowest BCUT2D eigenvalue weighted by Gasteiger charge is -2.37. The van der Waals surface area contributed by atoms with Crippen LogP contribution in [-0.2, 0) is 11.3 Å². The zero-order valence-electron chi connectivity index (χ0n) is 13.9. The van der Waals surface area contributed by atoms with Gasteiger partial charge in [-0.3, -0.25) is 14.8 Å². The van der Waals surface area contributed by atoms with Gasteiger partial charge in [-0.15, -0.1) is 0 Å². The maximum absolute atomic E-state index is 12.2. The predicted octanol–water partition coefficient (Wildman–Crippen LogP) is 1.82. The second-order valence-corrected chi connectivity index (χ2v) is 6.09. The fourth-order valence-electron chi connectivity index (χ4n) is 3.05. The third-order valence-electron chi connectivity index (χ3n) is 4.38. The quantitative estimate of drug-likeness (QED) is 0.848. The highest BCUT2D eigenvalue weighted by molar-refractivity contribution is 5.92. The second kappa shape index (κ2) is 8.08. The Balaban J connectivity index is 1.58. The molecule has 1 aromatic heterocycles. The molecular weight excluding hydrogens is 304 g/mol. The number of rotatable bonds is 6. The van der Waals surface area contributed by atoms with Crippen LogP contribution in [0.5, 0.6) is 0 Å². The van der Waals surface area contributed by atoms with Crippen LogP contribution in [0.3, 0.4) is 0 Å². The van der Waals surface area contributed by atoms with Gasteiger partial charge in [0.2, 0.25) is 0 Å². The van der Waals surface area contributed by atoms with Crippen LogP contribution in [0.15, 0.2) is 42.6 Å². The molecule has 0 spiro atoms. The highest BCUT2D eigenvalue weighted by atomic mass is 16.5. The summed E-state index contributed by atoms with van der Waals surface area (Å²) >= 11 is 0. The minimum Gasteiger partial charge on any atom is -0.373 e. The Morgan fingerprint density at radius 3 is 2.96 bits per heavy atom. The third kappa shape index (κ3) is 4.21. The van der Waals surface area contributed by atoms with Crippen molar-refractivity contribution in [2.45, 2.75) is 32.0 Å². The molecule has 1 aliphatic heterocycles. The molecule has 2 N–H and O–H groups in total. The molecule has 1 fully saturated rings. The van der Waals surface area contributed by atoms with Crippen LogP contribution in [-0.4, -0.2) is 52.8 Å². The van der Waals surface area contributed by atoms with Gasteiger partial charge in [-0.2, -0.15) is 5.10 Å². The first-order valence-corrected chi connectivity index (χ1v) is 8.44. The van der Waals surface area contributed by atoms with E-state index in [2.05, 4.69) is 51.6 Å². The van der Waals surface area contributed by atoms with Crippen molar-refractivity contribution in [1.29, 1.82) is 0 Å². The average Bonchev–Trinajstić information content (AvgIpc) is 3.15. The summed E-state index contributed by atoms with van der Waals surface area (Å²) in [6.07, 6.45) is 2.40. The highest BCUT2D eigenvalue weighted by Crippen LogP contribution is 2.15. The molecule has 2 aromatic rings. The van der Waals surface area contributed by atoms with Gasteiger partial charge in [0.05, 0.1) is 18.8 Å². The van der Waals surface area contributed by atoms with Gasteiger partial charge < -0.3 is 10.1 Å². The van der Waals surface area contributed by atoms with E-state index in [0.717, 1.165) is 26.1 Å². The molecule has 3 rings (SSSR count). The molecule has 2 heterocycles. The number of carbonyl (C=O) groups is 1. The van der Waals surface area contributed by atoms with E-state index in [1.165, 1.54) is 5.56 Å². The van der Waals surface area contributed by atoms with Crippen molar-refractivity contribution >= 4 is 5.91 Å². The highest BCUT2D eigenvalue weighted by Gasteiger charge is 2.28. The lowest BCUT2D eigenvalue weighted by molar-refractivity contribution is -0.0483. The predicted molar refractivity (Wildman–Crippen MR) is 91.6 cm³/mol. The van der Waals surface area contributed by atoms with Gasteiger partial charge in [0.1, 0.15) is 5.69 Å². The van der Waals surface area contributed by atoms with Gasteiger partial charge in [0, 0.05) is 25.8 Å². The van der Waals surface area contributed by atoms with E-state index >= 15 is 0 Å². The number of carbonyl (C=O) groups excluding carboxylic acids is 1. The first kappa shape index (κ1) is 16.7. The zero-order chi connectivity index (χ0) is 16.8. The van der Waals surface area contributed by atoms with E-state index in [-0.39, 0.29) is 18.1 Å². The molecule has 0 radical (unpaired) electrons. The van der Waals surface area contributed by atoms with E-state index in [1.54, 1.807) is 12.3 Å². The smallest absolute Gasteiger partial charge is 0.269 e. The fourth-order valence-corrected chi connectivity index (χ4v) is 3.05. The van der Waals surface area contributed by atoms with Crippen molar-refractivity contribution in [3.63, 3.8) is 0 Å². The van der Waals surface area contributed by atoms with Crippen LogP contribution in [0.4, 0.5) is 0 Å². The Morgan fingerprint density at radius 2 is 2.25 bits per heavy atom. The van der Waals surface area contributed by atoms with Crippen molar-refractivity contribution in [2.24, 2.45) is 0 Å². The van der Waals surface area contributed by atoms with Crippen LogP contribution >= 0.6 is 0 Å². The summed E-state index contributed by atoms with van der Waals surface area (Å²) in [5, 5.41) is 9.58. The van der Waals surface area contributed by atoms with Crippen molar-refractivity contribution in [2.75, 3.05) is 19.7 Å². The fraction of sp³-hybridized carbons (Fsp3) is 0.444. The Hall–Kier alpha value is -2.18. The molecule has 6 heteroatoms. The van der Waals surface area contributed by atoms with E-state index < -0.39 is 0 Å². The number of benzene rings is 1. The summed E-state index contributed by atoms with van der Waals surface area (Å²) < 4.78 is 5.93. The summed E-state index contributed by atoms with van der Waals surface area (Å²) in [7, 11) is 0. The molecule has 2 atom stereocenters. The van der Waals surface area contributed by atoms with Gasteiger partial charge in [-0.05, 0) is 18.1 Å². The van der Waals surface area contributed by atoms with E-state index in [1.807, 2.05) is 6.07 Å². The van der Waals surface area contributed by atoms with E-state index in [4.69, 9.17) is 4.74 Å². The van der Waals surface area contributed by atoms with Gasteiger partial charge >= 0.3 is 0 Å². The molecule has 1 saturated heterocycles. The summed E-state index contributed by atoms with van der Waals surface area (Å²) in [4.78, 5) is 14.6. The molecule has 128 valence electrons. The Labute approximate surface area is 142 Å². The molecule has 0 saturated carbocycles. The Bertz CT molecular complexity index is 630. The van der Waals surface area contributed by atoms with E-state index in [9.17, 15) is 4.79 Å². The van der Waals surface area contributed by atoms with Crippen LogP contribution < -0.4 is 5.32 Å². The molecule has 0 bridgehead atoms. The van der Waals surface area contributed by atoms with Crippen LogP contribution in [0.2, 0.25) is 0 Å². The monoisotopic (exact) mass is 328 g/mol. The van der Waals surface area contributed by atoms with Crippen LogP contribution in [0.25, 0.3) is 0 Å². The molecule has 1 aromatic carbocycles. The SMILES string of the molecule is CC[C@@H](NC(=O)c1ccn[nH]1)[C@H]1CN(Cc2ccccc2)CCO1. The van der Waals surface area contributed by atoms with Crippen LogP contribution in [0, 0.1) is 0 Å². The topological polar surface area (TPSA) is 70.2 Å². The first-order valence-electron chi connectivity index (χ1n) is 8.44. The zero-order valence-corrected chi connectivity index (χ0v) is 13.9. The number of morpholine rings is 1. The Morgan fingerprint density at radius 1 is 1.42 bits per heavy atom. The molecule has 6 nitrogen and oxygen atoms in total. The summed E-state index contributed by atoms with van der Waals surface area (Å²) in [5.41, 5.74) is 1.78. The minimum absolute atomic E-state index is 0.000617. The normalized spacial score (nSPS) is 19.8. The number of nitrogens with zero attached hydrogens (tertiary/aromatic N) is 2. The van der Waals surface area contributed by atoms with Gasteiger partial charge in [0.15, 0.2) is 0 Å². The first-order chi connectivity index (χ1) is 11.8. The van der Waals surface area contributed by atoms with Gasteiger partial charge in [0.25, 0.3) is 5.91 Å². The molecule has 0 unspecified atom stereocenters. The second-order valence-electron chi connectivity index (χ2n) is 6.09. The van der Waals surface area contributed by atoms with Crippen LogP contribution in [0.1, 0.15) is 29.4 Å². The summed E-state index contributed by atoms with van der Waals surface area (Å²) in [5.74, 6) is -0.136. The summed E-state index contributed by atoms with van der Waals surface area (Å²) in [6, 6.07) is 12.1. The van der Waals surface area contributed by atoms with Crippen molar-refractivity contribution in [3.05, 3.63) is 53.9 Å². The lowest BCUT2D eigenvalue weighted by Crippen LogP contribution is -2.53. The number of amides is 1. The number of H-pyrrole nitrogens is 1. The van der Waals surface area contributed by atoms with Crippen molar-refractivity contribution in [1.82, 2.24) is 20.4 Å². The standard InChI is InChI=1S/C18H24N4O2/c1-2-15(20-18(23)16-8-9-19-21-16)17-13-22(10-11-24-17)12-14-6-4-3-5-7-14/h3-9,15,17H,2,10-13H2,1H3,(H,19,21)(H,20,23)/t15-,17-/m1/s1.